The number of aliphatic carboxylic acids is 1. The van der Waals surface area contributed by atoms with E-state index in [1.807, 2.05) is 0 Å². The van der Waals surface area contributed by atoms with Crippen LogP contribution in [0.5, 0.6) is 0 Å². The number of imidazole rings is 1. The molecule has 2 N–H and O–H groups in total. The standard InChI is InChI=1S/C16H16FN3O4/c17-8-1-2-11-12(3-8)19-13(18-11)6-24-7-14(21)20-4-9-10(5-20)15(9)16(22)23/h1-3,9-10,15H,4-7H2,(H,18,19)(H,22,23). The smallest absolute Gasteiger partial charge is 0.307 e. The lowest BCUT2D eigenvalue weighted by Crippen LogP contribution is -2.35. The predicted octanol–water partition coefficient (Wildman–Crippen LogP) is 1.01. The van der Waals surface area contributed by atoms with Crippen molar-refractivity contribution < 1.29 is 23.8 Å². The Balaban J connectivity index is 1.27. The normalized spacial score (nSPS) is 25.0. The van der Waals surface area contributed by atoms with Crippen molar-refractivity contribution in [1.29, 1.82) is 0 Å². The molecule has 2 fully saturated rings. The van der Waals surface area contributed by atoms with Crippen LogP contribution < -0.4 is 0 Å². The number of rotatable bonds is 5. The van der Waals surface area contributed by atoms with Gasteiger partial charge in [-0.25, -0.2) is 9.37 Å². The van der Waals surface area contributed by atoms with Crippen molar-refractivity contribution in [2.45, 2.75) is 6.61 Å². The van der Waals surface area contributed by atoms with Crippen molar-refractivity contribution in [2.75, 3.05) is 19.7 Å². The van der Waals surface area contributed by atoms with Crippen molar-refractivity contribution >= 4 is 22.9 Å². The highest BCUT2D eigenvalue weighted by atomic mass is 19.1. The van der Waals surface area contributed by atoms with E-state index in [9.17, 15) is 14.0 Å². The number of H-pyrrole nitrogens is 1. The molecule has 24 heavy (non-hydrogen) atoms. The molecule has 1 amide bonds. The number of nitrogens with zero attached hydrogens (tertiary/aromatic N) is 2. The number of fused-ring (bicyclic) bond motifs is 2. The fourth-order valence-electron chi connectivity index (χ4n) is 3.53. The van der Waals surface area contributed by atoms with Crippen LogP contribution in [-0.4, -0.2) is 51.5 Å². The Morgan fingerprint density at radius 1 is 1.38 bits per heavy atom. The summed E-state index contributed by atoms with van der Waals surface area (Å²) in [7, 11) is 0. The van der Waals surface area contributed by atoms with Crippen LogP contribution in [0.25, 0.3) is 11.0 Å². The molecule has 2 aromatic rings. The molecular formula is C16H16FN3O4. The molecule has 1 aromatic carbocycles. The van der Waals surface area contributed by atoms with Crippen LogP contribution in [0, 0.1) is 23.6 Å². The largest absolute Gasteiger partial charge is 0.481 e. The van der Waals surface area contributed by atoms with E-state index in [-0.39, 0.29) is 42.7 Å². The van der Waals surface area contributed by atoms with E-state index in [4.69, 9.17) is 9.84 Å². The molecular weight excluding hydrogens is 317 g/mol. The Morgan fingerprint density at radius 2 is 2.12 bits per heavy atom. The van der Waals surface area contributed by atoms with E-state index in [0.717, 1.165) is 0 Å². The van der Waals surface area contributed by atoms with Gasteiger partial charge in [0.05, 0.1) is 17.0 Å². The number of hydrogen-bond donors (Lipinski definition) is 2. The molecule has 2 aliphatic rings. The van der Waals surface area contributed by atoms with Crippen LogP contribution in [0.15, 0.2) is 18.2 Å². The van der Waals surface area contributed by atoms with Crippen molar-refractivity contribution in [3.63, 3.8) is 0 Å². The average molecular weight is 333 g/mol. The number of ether oxygens (including phenoxy) is 1. The number of amides is 1. The van der Waals surface area contributed by atoms with E-state index in [1.165, 1.54) is 12.1 Å². The number of piperidine rings is 1. The highest BCUT2D eigenvalue weighted by molar-refractivity contribution is 5.80. The minimum Gasteiger partial charge on any atom is -0.481 e. The summed E-state index contributed by atoms with van der Waals surface area (Å²) < 4.78 is 18.5. The number of carbonyl (C=O) groups excluding carboxylic acids is 1. The second-order valence-electron chi connectivity index (χ2n) is 6.33. The molecule has 126 valence electrons. The fraction of sp³-hybridized carbons (Fsp3) is 0.438. The number of halogens is 1. The second-order valence-corrected chi connectivity index (χ2v) is 6.33. The molecule has 1 saturated carbocycles. The molecule has 2 unspecified atom stereocenters. The lowest BCUT2D eigenvalue weighted by atomic mass is 10.2. The number of aromatic amines is 1. The molecule has 1 aliphatic heterocycles. The molecule has 8 heteroatoms. The van der Waals surface area contributed by atoms with E-state index < -0.39 is 5.97 Å². The second kappa shape index (κ2) is 5.55. The maximum absolute atomic E-state index is 13.1. The summed E-state index contributed by atoms with van der Waals surface area (Å²) in [5, 5.41) is 8.97. The van der Waals surface area contributed by atoms with Gasteiger partial charge in [0.15, 0.2) is 0 Å². The molecule has 1 aliphatic carbocycles. The summed E-state index contributed by atoms with van der Waals surface area (Å²) in [6, 6.07) is 4.26. The molecule has 0 bridgehead atoms. The first-order valence-corrected chi connectivity index (χ1v) is 7.75. The third-order valence-corrected chi connectivity index (χ3v) is 4.79. The molecule has 2 atom stereocenters. The molecule has 1 aromatic heterocycles. The number of carboxylic acid groups (broad SMARTS) is 1. The van der Waals surface area contributed by atoms with Gasteiger partial charge in [0.2, 0.25) is 5.91 Å². The van der Waals surface area contributed by atoms with Gasteiger partial charge in [-0.3, -0.25) is 9.59 Å². The summed E-state index contributed by atoms with van der Waals surface area (Å²) in [6.45, 7) is 1.03. The van der Waals surface area contributed by atoms with Gasteiger partial charge < -0.3 is 19.7 Å². The predicted molar refractivity (Wildman–Crippen MR) is 80.4 cm³/mol. The third-order valence-electron chi connectivity index (χ3n) is 4.79. The van der Waals surface area contributed by atoms with Crippen LogP contribution in [0.1, 0.15) is 5.82 Å². The van der Waals surface area contributed by atoms with Gasteiger partial charge in [0, 0.05) is 13.1 Å². The maximum atomic E-state index is 13.1. The minimum atomic E-state index is -0.769. The molecule has 7 nitrogen and oxygen atoms in total. The Bertz CT molecular complexity index is 809. The number of nitrogens with one attached hydrogen (secondary N) is 1. The van der Waals surface area contributed by atoms with E-state index >= 15 is 0 Å². The summed E-state index contributed by atoms with van der Waals surface area (Å²) >= 11 is 0. The first-order valence-electron chi connectivity index (χ1n) is 7.75. The number of hydrogen-bond acceptors (Lipinski definition) is 4. The third kappa shape index (κ3) is 2.62. The van der Waals surface area contributed by atoms with Crippen LogP contribution in [-0.2, 0) is 20.9 Å². The Hall–Kier alpha value is -2.48. The minimum absolute atomic E-state index is 0.0808. The van der Waals surface area contributed by atoms with Gasteiger partial charge in [-0.15, -0.1) is 0 Å². The van der Waals surface area contributed by atoms with Gasteiger partial charge in [0.1, 0.15) is 24.9 Å². The number of carboxylic acids is 1. The van der Waals surface area contributed by atoms with E-state index in [1.54, 1.807) is 11.0 Å². The van der Waals surface area contributed by atoms with Gasteiger partial charge in [-0.05, 0) is 30.0 Å². The Labute approximate surface area is 136 Å². The van der Waals surface area contributed by atoms with Crippen molar-refractivity contribution in [3.05, 3.63) is 29.8 Å². The van der Waals surface area contributed by atoms with Crippen molar-refractivity contribution in [1.82, 2.24) is 14.9 Å². The average Bonchev–Trinajstić information content (AvgIpc) is 2.89. The first kappa shape index (κ1) is 15.1. The quantitative estimate of drug-likeness (QED) is 0.851. The summed E-state index contributed by atoms with van der Waals surface area (Å²) in [4.78, 5) is 31.8. The van der Waals surface area contributed by atoms with E-state index in [2.05, 4.69) is 9.97 Å². The molecule has 0 radical (unpaired) electrons. The zero-order valence-electron chi connectivity index (χ0n) is 12.7. The Kier molecular flexibility index (Phi) is 3.49. The van der Waals surface area contributed by atoms with Crippen LogP contribution in [0.3, 0.4) is 0 Å². The maximum Gasteiger partial charge on any atom is 0.307 e. The van der Waals surface area contributed by atoms with Gasteiger partial charge >= 0.3 is 5.97 Å². The van der Waals surface area contributed by atoms with E-state index in [0.29, 0.717) is 29.9 Å². The van der Waals surface area contributed by atoms with Crippen LogP contribution >= 0.6 is 0 Å². The summed E-state index contributed by atoms with van der Waals surface area (Å²) in [6.07, 6.45) is 0. The monoisotopic (exact) mass is 333 g/mol. The van der Waals surface area contributed by atoms with Gasteiger partial charge in [0.25, 0.3) is 0 Å². The SMILES string of the molecule is O=C(O)C1C2CN(C(=O)COCc3nc4ccc(F)cc4[nH]3)CC21. The van der Waals surface area contributed by atoms with Gasteiger partial charge in [-0.2, -0.15) is 0 Å². The number of carbonyl (C=O) groups is 2. The van der Waals surface area contributed by atoms with Crippen LogP contribution in [0.2, 0.25) is 0 Å². The summed E-state index contributed by atoms with van der Waals surface area (Å²) in [5.74, 6) is -0.831. The number of aromatic nitrogens is 2. The lowest BCUT2D eigenvalue weighted by Gasteiger charge is -2.18. The first-order chi connectivity index (χ1) is 11.5. The Morgan fingerprint density at radius 3 is 2.83 bits per heavy atom. The van der Waals surface area contributed by atoms with Crippen molar-refractivity contribution in [3.8, 4) is 0 Å². The molecule has 2 heterocycles. The molecule has 4 rings (SSSR count). The topological polar surface area (TPSA) is 95.5 Å². The zero-order valence-corrected chi connectivity index (χ0v) is 12.7. The van der Waals surface area contributed by atoms with Crippen molar-refractivity contribution in [2.24, 2.45) is 17.8 Å². The lowest BCUT2D eigenvalue weighted by molar-refractivity contribution is -0.142. The van der Waals surface area contributed by atoms with Gasteiger partial charge in [-0.1, -0.05) is 0 Å². The highest BCUT2D eigenvalue weighted by Crippen LogP contribution is 2.51. The zero-order chi connectivity index (χ0) is 16.8. The summed E-state index contributed by atoms with van der Waals surface area (Å²) in [5.41, 5.74) is 1.22. The molecule has 0 spiro atoms. The number of likely N-dealkylation sites (tertiary alicyclic amines) is 1. The van der Waals surface area contributed by atoms with Crippen LogP contribution in [0.4, 0.5) is 4.39 Å². The molecule has 1 saturated heterocycles. The fourth-order valence-corrected chi connectivity index (χ4v) is 3.53. The highest BCUT2D eigenvalue weighted by Gasteiger charge is 2.60. The number of benzene rings is 1.